The molecule has 0 saturated carbocycles. The predicted molar refractivity (Wildman–Crippen MR) is 56.8 cm³/mol. The van der Waals surface area contributed by atoms with Crippen LogP contribution in [0.15, 0.2) is 6.07 Å². The molecule has 0 aliphatic heterocycles. The quantitative estimate of drug-likeness (QED) is 0.481. The second-order valence-corrected chi connectivity index (χ2v) is 3.77. The molecule has 1 aromatic rings. The van der Waals surface area contributed by atoms with Gasteiger partial charge in [-0.25, -0.2) is 9.78 Å². The summed E-state index contributed by atoms with van der Waals surface area (Å²) in [7, 11) is 0.826. The molecule has 0 radical (unpaired) electrons. The molecule has 0 aliphatic rings. The van der Waals surface area contributed by atoms with Gasteiger partial charge >= 0.3 is 18.5 Å². The number of alkyl halides is 7. The Bertz CT molecular complexity index is 543. The molecule has 0 unspecified atom stereocenters. The van der Waals surface area contributed by atoms with Crippen LogP contribution >= 0.6 is 11.6 Å². The Hall–Kier alpha value is -1.71. The molecule has 1 aromatic heterocycles. The lowest BCUT2D eigenvalue weighted by Gasteiger charge is -2.16. The van der Waals surface area contributed by atoms with Crippen molar-refractivity contribution in [3.63, 3.8) is 0 Å². The van der Waals surface area contributed by atoms with Crippen molar-refractivity contribution in [2.45, 2.75) is 18.4 Å². The van der Waals surface area contributed by atoms with Gasteiger partial charge in [0, 0.05) is 11.6 Å². The Morgan fingerprint density at radius 1 is 1.29 bits per heavy atom. The van der Waals surface area contributed by atoms with Gasteiger partial charge in [0.05, 0.1) is 18.6 Å². The molecule has 0 aromatic carbocycles. The van der Waals surface area contributed by atoms with E-state index in [1.807, 2.05) is 0 Å². The van der Waals surface area contributed by atoms with Crippen molar-refractivity contribution in [3.8, 4) is 5.88 Å². The maximum atomic E-state index is 12.8. The number of methoxy groups -OCH3 is 1. The molecule has 0 bridgehead atoms. The Morgan fingerprint density at radius 3 is 2.24 bits per heavy atom. The van der Waals surface area contributed by atoms with Gasteiger partial charge in [0.15, 0.2) is 5.69 Å². The zero-order valence-electron chi connectivity index (χ0n) is 10.1. The maximum Gasteiger partial charge on any atom is 0.574 e. The number of pyridine rings is 1. The van der Waals surface area contributed by atoms with E-state index in [0.29, 0.717) is 0 Å². The van der Waals surface area contributed by atoms with Crippen molar-refractivity contribution in [3.05, 3.63) is 22.9 Å². The molecule has 0 fully saturated rings. The van der Waals surface area contributed by atoms with Crippen LogP contribution in [-0.2, 0) is 16.8 Å². The van der Waals surface area contributed by atoms with Gasteiger partial charge in [0.25, 0.3) is 0 Å². The number of aromatic nitrogens is 1. The van der Waals surface area contributed by atoms with Gasteiger partial charge < -0.3 is 9.47 Å². The van der Waals surface area contributed by atoms with Crippen molar-refractivity contribution >= 4 is 17.6 Å². The number of hydrogen-bond acceptors (Lipinski definition) is 4. The fourth-order valence-corrected chi connectivity index (χ4v) is 1.64. The molecule has 0 atom stereocenters. The standard InChI is InChI=1S/C10H6ClF6NO3/c1-20-8(19)7-4(3-11)5(9(12,13)14)2-6(18-7)21-10(15,16)17/h2H,3H2,1H3. The van der Waals surface area contributed by atoms with E-state index < -0.39 is 47.1 Å². The predicted octanol–water partition coefficient (Wildman–Crippen LogP) is 3.52. The van der Waals surface area contributed by atoms with Crippen LogP contribution in [0.3, 0.4) is 0 Å². The Morgan fingerprint density at radius 2 is 1.86 bits per heavy atom. The molecule has 0 saturated heterocycles. The summed E-state index contributed by atoms with van der Waals surface area (Å²) in [6, 6.07) is 0.0116. The van der Waals surface area contributed by atoms with E-state index >= 15 is 0 Å². The zero-order chi connectivity index (χ0) is 16.4. The average molecular weight is 338 g/mol. The molecule has 4 nitrogen and oxygen atoms in total. The minimum atomic E-state index is -5.27. The molecule has 11 heteroatoms. The maximum absolute atomic E-state index is 12.8. The first-order valence-electron chi connectivity index (χ1n) is 5.00. The smallest absolute Gasteiger partial charge is 0.464 e. The monoisotopic (exact) mass is 337 g/mol. The van der Waals surface area contributed by atoms with Crippen LogP contribution in [0.2, 0.25) is 0 Å². The second-order valence-electron chi connectivity index (χ2n) is 3.51. The van der Waals surface area contributed by atoms with E-state index in [1.165, 1.54) is 0 Å². The highest BCUT2D eigenvalue weighted by Gasteiger charge is 2.39. The summed E-state index contributed by atoms with van der Waals surface area (Å²) >= 11 is 5.32. The van der Waals surface area contributed by atoms with E-state index in [2.05, 4.69) is 14.5 Å². The van der Waals surface area contributed by atoms with Crippen molar-refractivity contribution in [1.29, 1.82) is 0 Å². The lowest BCUT2D eigenvalue weighted by molar-refractivity contribution is -0.276. The van der Waals surface area contributed by atoms with E-state index in [9.17, 15) is 31.1 Å². The third kappa shape index (κ3) is 4.38. The van der Waals surface area contributed by atoms with Crippen molar-refractivity contribution in [1.82, 2.24) is 4.98 Å². The first-order valence-corrected chi connectivity index (χ1v) is 5.54. The molecule has 21 heavy (non-hydrogen) atoms. The van der Waals surface area contributed by atoms with Gasteiger partial charge in [0.1, 0.15) is 0 Å². The minimum absolute atomic E-state index is 0.0116. The average Bonchev–Trinajstić information content (AvgIpc) is 2.33. The molecule has 0 N–H and O–H groups in total. The van der Waals surface area contributed by atoms with Gasteiger partial charge in [-0.2, -0.15) is 13.2 Å². The summed E-state index contributed by atoms with van der Waals surface area (Å²) in [6.07, 6.45) is -10.3. The summed E-state index contributed by atoms with van der Waals surface area (Å²) in [6.45, 7) is 0. The topological polar surface area (TPSA) is 48.4 Å². The summed E-state index contributed by atoms with van der Waals surface area (Å²) in [5, 5.41) is 0. The van der Waals surface area contributed by atoms with Crippen LogP contribution in [0.25, 0.3) is 0 Å². The molecule has 1 rings (SSSR count). The SMILES string of the molecule is COC(=O)c1nc(OC(F)(F)F)cc(C(F)(F)F)c1CCl. The van der Waals surface area contributed by atoms with E-state index in [0.717, 1.165) is 7.11 Å². The summed E-state index contributed by atoms with van der Waals surface area (Å²) in [5.74, 6) is -3.62. The molecular weight excluding hydrogens is 332 g/mol. The molecule has 118 valence electrons. The Kier molecular flexibility index (Phi) is 4.92. The molecular formula is C10H6ClF6NO3. The third-order valence-electron chi connectivity index (χ3n) is 2.14. The molecule has 0 amide bonds. The third-order valence-corrected chi connectivity index (χ3v) is 2.41. The number of esters is 1. The number of nitrogens with zero attached hydrogens (tertiary/aromatic N) is 1. The largest absolute Gasteiger partial charge is 0.574 e. The van der Waals surface area contributed by atoms with Gasteiger partial charge in [0.2, 0.25) is 5.88 Å². The lowest BCUT2D eigenvalue weighted by Crippen LogP contribution is -2.21. The van der Waals surface area contributed by atoms with Crippen LogP contribution < -0.4 is 4.74 Å². The van der Waals surface area contributed by atoms with Crippen LogP contribution in [0.1, 0.15) is 21.6 Å². The highest BCUT2D eigenvalue weighted by atomic mass is 35.5. The first kappa shape index (κ1) is 17.3. The molecule has 1 heterocycles. The second kappa shape index (κ2) is 5.96. The minimum Gasteiger partial charge on any atom is -0.464 e. The van der Waals surface area contributed by atoms with Crippen LogP contribution in [-0.4, -0.2) is 24.4 Å². The van der Waals surface area contributed by atoms with Crippen LogP contribution in [0.4, 0.5) is 26.3 Å². The van der Waals surface area contributed by atoms with E-state index in [1.54, 1.807) is 0 Å². The van der Waals surface area contributed by atoms with Crippen LogP contribution in [0, 0.1) is 0 Å². The zero-order valence-corrected chi connectivity index (χ0v) is 10.9. The Labute approximate surface area is 118 Å². The lowest BCUT2D eigenvalue weighted by atomic mass is 10.1. The fraction of sp³-hybridized carbons (Fsp3) is 0.400. The van der Waals surface area contributed by atoms with Gasteiger partial charge in [-0.05, 0) is 0 Å². The number of carbonyl (C=O) groups excluding carboxylic acids is 1. The van der Waals surface area contributed by atoms with E-state index in [4.69, 9.17) is 11.6 Å². The van der Waals surface area contributed by atoms with Crippen molar-refractivity contribution in [2.24, 2.45) is 0 Å². The van der Waals surface area contributed by atoms with Gasteiger partial charge in [-0.3, -0.25) is 0 Å². The highest BCUT2D eigenvalue weighted by molar-refractivity contribution is 6.17. The highest BCUT2D eigenvalue weighted by Crippen LogP contribution is 2.37. The van der Waals surface area contributed by atoms with Crippen molar-refractivity contribution in [2.75, 3.05) is 7.11 Å². The number of ether oxygens (including phenoxy) is 2. The fourth-order valence-electron chi connectivity index (χ4n) is 1.37. The number of hydrogen-bond donors (Lipinski definition) is 0. The van der Waals surface area contributed by atoms with Crippen molar-refractivity contribution < 1.29 is 40.6 Å². The molecule has 0 aliphatic carbocycles. The van der Waals surface area contributed by atoms with Gasteiger partial charge in [-0.1, -0.05) is 0 Å². The number of halogens is 7. The normalized spacial score (nSPS) is 12.2. The van der Waals surface area contributed by atoms with E-state index in [-0.39, 0.29) is 6.07 Å². The Balaban J connectivity index is 3.54. The number of rotatable bonds is 3. The summed E-state index contributed by atoms with van der Waals surface area (Å²) in [4.78, 5) is 14.4. The summed E-state index contributed by atoms with van der Waals surface area (Å²) in [5.41, 5.74) is -3.36. The number of carbonyl (C=O) groups is 1. The first-order chi connectivity index (χ1) is 9.49. The van der Waals surface area contributed by atoms with Gasteiger partial charge in [-0.15, -0.1) is 24.8 Å². The molecule has 0 spiro atoms. The summed E-state index contributed by atoms with van der Waals surface area (Å²) < 4.78 is 82.2. The van der Waals surface area contributed by atoms with Crippen LogP contribution in [0.5, 0.6) is 5.88 Å².